The smallest absolute Gasteiger partial charge is 0.132 e. The summed E-state index contributed by atoms with van der Waals surface area (Å²) in [5, 5.41) is 1.36. The predicted octanol–water partition coefficient (Wildman–Crippen LogP) is -1.03. The number of nitrogens with zero attached hydrogens (tertiary/aromatic N) is 2. The van der Waals surface area contributed by atoms with E-state index in [0.29, 0.717) is 33.5 Å². The molecular formula is C12H8N4. The Morgan fingerprint density at radius 2 is 1.25 bits per heavy atom. The van der Waals surface area contributed by atoms with E-state index in [1.165, 1.54) is 0 Å². The summed E-state index contributed by atoms with van der Waals surface area (Å²) >= 11 is 0. The number of aromatic nitrogens is 2. The van der Waals surface area contributed by atoms with E-state index in [1.54, 1.807) is 24.3 Å². The molecule has 16 heavy (non-hydrogen) atoms. The first kappa shape index (κ1) is 8.74. The van der Waals surface area contributed by atoms with Crippen LogP contribution >= 0.6 is 0 Å². The molecule has 4 heteroatoms. The number of hydrogen-bond donors (Lipinski definition) is 2. The van der Waals surface area contributed by atoms with Gasteiger partial charge in [-0.15, -0.1) is 0 Å². The van der Waals surface area contributed by atoms with Crippen molar-refractivity contribution in [3.8, 4) is 0 Å². The maximum Gasteiger partial charge on any atom is 0.132 e. The van der Waals surface area contributed by atoms with Crippen LogP contribution in [0.15, 0.2) is 23.5 Å². The number of rotatable bonds is 0. The van der Waals surface area contributed by atoms with Crippen molar-refractivity contribution in [2.24, 2.45) is 11.5 Å². The van der Waals surface area contributed by atoms with Crippen LogP contribution in [0.25, 0.3) is 23.6 Å². The zero-order chi connectivity index (χ0) is 11.1. The summed E-state index contributed by atoms with van der Waals surface area (Å²) < 4.78 is 0. The molecule has 0 aromatic carbocycles. The SMILES string of the molecule is NC1=Cc2nc3c(nc2=C=C1)C=C(N)C=C=3. The largest absolute Gasteiger partial charge is 0.398 e. The molecule has 4 N–H and O–H groups in total. The van der Waals surface area contributed by atoms with Gasteiger partial charge in [-0.2, -0.15) is 0 Å². The van der Waals surface area contributed by atoms with E-state index in [4.69, 9.17) is 11.5 Å². The van der Waals surface area contributed by atoms with Gasteiger partial charge in [-0.3, -0.25) is 0 Å². The van der Waals surface area contributed by atoms with Crippen LogP contribution in [0.1, 0.15) is 11.4 Å². The summed E-state index contributed by atoms with van der Waals surface area (Å²) in [7, 11) is 0. The van der Waals surface area contributed by atoms with E-state index in [-0.39, 0.29) is 0 Å². The first-order valence-electron chi connectivity index (χ1n) is 4.78. The Hall–Kier alpha value is -2.54. The molecule has 0 spiro atoms. The highest BCUT2D eigenvalue weighted by atomic mass is 14.8. The van der Waals surface area contributed by atoms with Gasteiger partial charge >= 0.3 is 0 Å². The molecule has 0 fully saturated rings. The Balaban J connectivity index is 2.43. The number of nitrogens with two attached hydrogens (primary N) is 2. The van der Waals surface area contributed by atoms with E-state index in [0.717, 1.165) is 0 Å². The van der Waals surface area contributed by atoms with Crippen LogP contribution in [0.3, 0.4) is 0 Å². The minimum absolute atomic E-state index is 0.622. The topological polar surface area (TPSA) is 77.8 Å². The van der Waals surface area contributed by atoms with E-state index in [1.807, 2.05) is 0 Å². The minimum Gasteiger partial charge on any atom is -0.398 e. The van der Waals surface area contributed by atoms with Crippen LogP contribution in [0.5, 0.6) is 0 Å². The number of allylic oxidation sites excluding steroid dienone is 2. The van der Waals surface area contributed by atoms with Gasteiger partial charge in [0.25, 0.3) is 0 Å². The maximum atomic E-state index is 5.66. The molecule has 0 bridgehead atoms. The zero-order valence-electron chi connectivity index (χ0n) is 8.36. The fourth-order valence-corrected chi connectivity index (χ4v) is 1.58. The molecule has 2 aliphatic carbocycles. The van der Waals surface area contributed by atoms with E-state index >= 15 is 0 Å². The van der Waals surface area contributed by atoms with Gasteiger partial charge in [0.05, 0.1) is 0 Å². The first-order chi connectivity index (χ1) is 7.72. The van der Waals surface area contributed by atoms with Crippen LogP contribution in [0, 0.1) is 0 Å². The zero-order valence-corrected chi connectivity index (χ0v) is 8.36. The lowest BCUT2D eigenvalue weighted by Crippen LogP contribution is -2.27. The molecule has 0 atom stereocenters. The average molecular weight is 208 g/mol. The Morgan fingerprint density at radius 3 is 1.69 bits per heavy atom. The van der Waals surface area contributed by atoms with Gasteiger partial charge in [0.1, 0.15) is 22.1 Å². The van der Waals surface area contributed by atoms with Gasteiger partial charge in [-0.25, -0.2) is 9.97 Å². The third-order valence-electron chi connectivity index (χ3n) is 2.31. The highest BCUT2D eigenvalue weighted by Crippen LogP contribution is 2.01. The molecule has 0 saturated carbocycles. The fourth-order valence-electron chi connectivity index (χ4n) is 1.58. The van der Waals surface area contributed by atoms with Crippen LogP contribution < -0.4 is 22.2 Å². The van der Waals surface area contributed by atoms with Gasteiger partial charge in [-0.1, -0.05) is 11.5 Å². The monoisotopic (exact) mass is 208 g/mol. The van der Waals surface area contributed by atoms with Crippen molar-refractivity contribution in [2.45, 2.75) is 0 Å². The van der Waals surface area contributed by atoms with Crippen molar-refractivity contribution in [3.05, 3.63) is 45.6 Å². The van der Waals surface area contributed by atoms with E-state index in [2.05, 4.69) is 21.4 Å². The van der Waals surface area contributed by atoms with E-state index < -0.39 is 0 Å². The third-order valence-corrected chi connectivity index (χ3v) is 2.31. The number of hydrogen-bond acceptors (Lipinski definition) is 4. The van der Waals surface area contributed by atoms with Gasteiger partial charge in [0, 0.05) is 23.5 Å². The summed E-state index contributed by atoms with van der Waals surface area (Å²) in [5.74, 6) is 0. The molecule has 0 saturated heterocycles. The summed E-state index contributed by atoms with van der Waals surface area (Å²) in [6, 6.07) is 0. The molecule has 1 aromatic heterocycles. The summed E-state index contributed by atoms with van der Waals surface area (Å²) in [6.07, 6.45) is 6.89. The molecule has 1 aromatic rings. The summed E-state index contributed by atoms with van der Waals surface area (Å²) in [6.45, 7) is 0. The third kappa shape index (κ3) is 1.27. The lowest BCUT2D eigenvalue weighted by molar-refractivity contribution is 1.06. The molecule has 0 radical (unpaired) electrons. The molecule has 4 nitrogen and oxygen atoms in total. The first-order valence-corrected chi connectivity index (χ1v) is 4.78. The summed E-state index contributed by atoms with van der Waals surface area (Å²) in [4.78, 5) is 8.79. The molecule has 3 rings (SSSR count). The molecule has 2 aliphatic rings. The van der Waals surface area contributed by atoms with Crippen molar-refractivity contribution in [1.82, 2.24) is 9.97 Å². The van der Waals surface area contributed by atoms with Crippen molar-refractivity contribution in [3.63, 3.8) is 0 Å². The van der Waals surface area contributed by atoms with Crippen molar-refractivity contribution in [1.29, 1.82) is 0 Å². The number of fused-ring (bicyclic) bond motifs is 2. The molecule has 0 unspecified atom stereocenters. The van der Waals surface area contributed by atoms with Crippen LogP contribution in [0.2, 0.25) is 0 Å². The maximum absolute atomic E-state index is 5.66. The molecule has 0 amide bonds. The van der Waals surface area contributed by atoms with E-state index in [9.17, 15) is 0 Å². The lowest BCUT2D eigenvalue weighted by atomic mass is 10.2. The summed E-state index contributed by atoms with van der Waals surface area (Å²) in [5.41, 5.74) is 20.0. The van der Waals surface area contributed by atoms with Crippen molar-refractivity contribution >= 4 is 23.6 Å². The standard InChI is InChI=1S/C12H8N4/c13-7-1-3-9-11(5-7)16-10-4-2-8(14)6-12(10)15-9/h1-2,5-6H,13-14H2. The molecular weight excluding hydrogens is 200 g/mol. The van der Waals surface area contributed by atoms with Gasteiger partial charge in [0.2, 0.25) is 0 Å². The highest BCUT2D eigenvalue weighted by molar-refractivity contribution is 5.62. The highest BCUT2D eigenvalue weighted by Gasteiger charge is 2.06. The second-order valence-electron chi connectivity index (χ2n) is 3.56. The average Bonchev–Trinajstić information content (AvgIpc) is 2.26. The van der Waals surface area contributed by atoms with Crippen LogP contribution in [-0.2, 0) is 0 Å². The minimum atomic E-state index is 0.622. The molecule has 1 heterocycles. The normalized spacial score (nSPS) is 15.2. The predicted molar refractivity (Wildman–Crippen MR) is 61.6 cm³/mol. The fraction of sp³-hybridized carbons (Fsp3) is 0. The Kier molecular flexibility index (Phi) is 1.62. The van der Waals surface area contributed by atoms with Gasteiger partial charge < -0.3 is 11.5 Å². The van der Waals surface area contributed by atoms with Crippen molar-refractivity contribution < 1.29 is 0 Å². The Morgan fingerprint density at radius 1 is 0.812 bits per heavy atom. The lowest BCUT2D eigenvalue weighted by Gasteiger charge is -2.03. The second-order valence-corrected chi connectivity index (χ2v) is 3.56. The second kappa shape index (κ2) is 2.97. The van der Waals surface area contributed by atoms with Gasteiger partial charge in [-0.05, 0) is 12.2 Å². The molecule has 76 valence electrons. The van der Waals surface area contributed by atoms with Crippen LogP contribution in [0.4, 0.5) is 0 Å². The van der Waals surface area contributed by atoms with Crippen molar-refractivity contribution in [2.75, 3.05) is 0 Å². The quantitative estimate of drug-likeness (QED) is 0.571. The van der Waals surface area contributed by atoms with Gasteiger partial charge in [0.15, 0.2) is 0 Å². The molecule has 0 aliphatic heterocycles. The Labute approximate surface area is 91.3 Å². The van der Waals surface area contributed by atoms with Crippen LogP contribution in [-0.4, -0.2) is 9.97 Å². The Bertz CT molecular complexity index is 674.